The third-order valence-corrected chi connectivity index (χ3v) is 21.3. The van der Waals surface area contributed by atoms with Crippen molar-refractivity contribution in [1.82, 2.24) is 90.0 Å². The van der Waals surface area contributed by atoms with Crippen LogP contribution in [-0.2, 0) is 110 Å². The van der Waals surface area contributed by atoms with Crippen molar-refractivity contribution in [1.29, 1.82) is 0 Å². The lowest BCUT2D eigenvalue weighted by molar-refractivity contribution is -0.143. The number of carbonyl (C=O) groups is 19. The lowest BCUT2D eigenvalue weighted by Crippen LogP contribution is -2.61. The number of aromatic hydroxyl groups is 2. The minimum Gasteiger partial charge on any atom is -0.508 e. The van der Waals surface area contributed by atoms with E-state index in [0.29, 0.717) is 38.3 Å². The Morgan fingerprint density at radius 3 is 1.51 bits per heavy atom. The van der Waals surface area contributed by atoms with Crippen LogP contribution in [-0.4, -0.2) is 272 Å². The molecule has 0 radical (unpaired) electrons. The van der Waals surface area contributed by atoms with Crippen molar-refractivity contribution in [2.24, 2.45) is 5.92 Å². The van der Waals surface area contributed by atoms with Gasteiger partial charge in [0.25, 0.3) is 0 Å². The van der Waals surface area contributed by atoms with Crippen molar-refractivity contribution in [3.05, 3.63) is 120 Å². The predicted octanol–water partition coefficient (Wildman–Crippen LogP) is -4.45. The van der Waals surface area contributed by atoms with Crippen molar-refractivity contribution in [3.8, 4) is 22.6 Å². The average molecular weight is 1750 g/mol. The standard InChI is InChI=1S/C80H105N17O24S2/c1-41(2)30-59(93-75(116)61(87-46(7)102)37-84-44(5)100)80(121)97-29-11-14-64(97)78(119)94-62-39-122-123-40-63(77(118)90-56(32-47-15-21-51(22-16-47)50-12-9-8-10-13-50)73(114)91-57(34-66(106)107)69(110)81-27-28-82-71(112)60(86-45(6)101)36-83-43(4)99)95-79(120)68(42(3)98)96-65(105)38-85-70(111)54(31-48-17-23-52(103)24-18-48)88-72(113)55(33-49-19-25-53(104)26-20-49)89-74(115)58(35-67(108)109)92-76(62)117/h8-10,12-13,15-26,41-42,54-64,68,98,103-104H,11,14,27-40H2,1-7H3,(H,81,110)(H,82,112)(H,83,99)(H,84,100)(H,85,111)(H,86,101)(H,87,102)(H,88,113)(H,89,115)(H,90,118)(H,91,114)(H,92,117)(H,93,116)(H,94,119)(H,95,120)(H,96,105)(H,106,107)(H,108,109)/t42?,54-,55-,56-,57-,58-,59?,60?,61?,62-,63-,64-,68-/m0/s1. The van der Waals surface area contributed by atoms with Crippen LogP contribution >= 0.6 is 21.6 Å². The Morgan fingerprint density at radius 2 is 0.984 bits per heavy atom. The number of hydrogen-bond acceptors (Lipinski definition) is 24. The molecule has 41 nitrogen and oxygen atoms in total. The Hall–Kier alpha value is -12.9. The largest absolute Gasteiger partial charge is 0.508 e. The second-order valence-corrected chi connectivity index (χ2v) is 32.1. The van der Waals surface area contributed by atoms with Gasteiger partial charge in [0.1, 0.15) is 84.0 Å². The highest BCUT2D eigenvalue weighted by molar-refractivity contribution is 8.76. The molecule has 0 bridgehead atoms. The van der Waals surface area contributed by atoms with Gasteiger partial charge in [-0.15, -0.1) is 0 Å². The Labute approximate surface area is 714 Å². The van der Waals surface area contributed by atoms with Gasteiger partial charge in [-0.3, -0.25) is 91.1 Å². The molecule has 4 aromatic rings. The van der Waals surface area contributed by atoms with Crippen LogP contribution in [0.4, 0.5) is 0 Å². The number of amides is 17. The Bertz CT molecular complexity index is 4450. The maximum atomic E-state index is 15.3. The number of phenols is 2. The third kappa shape index (κ3) is 33.9. The lowest BCUT2D eigenvalue weighted by atomic mass is 9.99. The van der Waals surface area contributed by atoms with E-state index in [1.54, 1.807) is 56.3 Å². The molecule has 6 rings (SSSR count). The molecule has 0 spiro atoms. The summed E-state index contributed by atoms with van der Waals surface area (Å²) < 4.78 is 0. The topological polar surface area (TPSA) is 621 Å². The summed E-state index contributed by atoms with van der Waals surface area (Å²) in [6, 6.07) is 5.46. The number of aliphatic hydroxyl groups is 1. The first kappa shape index (κ1) is 98.9. The summed E-state index contributed by atoms with van der Waals surface area (Å²) in [5, 5.41) is 91.1. The van der Waals surface area contributed by atoms with Crippen molar-refractivity contribution >= 4 is 134 Å². The Balaban J connectivity index is 1.43. The average Bonchev–Trinajstić information content (AvgIpc) is 1.70. The van der Waals surface area contributed by atoms with Gasteiger partial charge in [-0.1, -0.05) is 114 Å². The van der Waals surface area contributed by atoms with Crippen LogP contribution < -0.4 is 85.1 Å². The molecule has 666 valence electrons. The Kier molecular flexibility index (Phi) is 39.5. The molecule has 2 heterocycles. The SMILES string of the molecule is CC(=O)NCC(NC(C)=O)C(=O)NCCNC(=O)[C@H](CC(=O)O)NC(=O)[C@H](Cc1ccc(-c2ccccc2)cc1)NC(=O)[C@@H]1CSSC[C@H](NC(=O)[C@@H]2CCCN2C(=O)C(CC(C)C)NC(=O)C(CNC(C)=O)NC(C)=O)C(=O)N[C@@H](CC(=O)O)C(=O)N[C@@H](Cc2ccc(O)cc2)C(=O)N[C@@H](Cc2ccc(O)cc2)C(=O)NCC(=O)N[C@@H](C(C)O)C(=O)N1. The van der Waals surface area contributed by atoms with Gasteiger partial charge >= 0.3 is 11.9 Å². The van der Waals surface area contributed by atoms with Crippen LogP contribution in [0.15, 0.2) is 103 Å². The van der Waals surface area contributed by atoms with Crippen LogP contribution in [0, 0.1) is 5.92 Å². The highest BCUT2D eigenvalue weighted by atomic mass is 33.1. The number of rotatable bonds is 34. The highest BCUT2D eigenvalue weighted by Gasteiger charge is 2.42. The zero-order chi connectivity index (χ0) is 90.7. The molecule has 0 saturated carbocycles. The number of benzene rings is 4. The monoisotopic (exact) mass is 1750 g/mol. The van der Waals surface area contributed by atoms with E-state index in [4.69, 9.17) is 0 Å². The lowest BCUT2D eigenvalue weighted by Gasteiger charge is -2.31. The van der Waals surface area contributed by atoms with Crippen LogP contribution in [0.1, 0.15) is 97.3 Å². The van der Waals surface area contributed by atoms with Crippen molar-refractivity contribution in [2.75, 3.05) is 50.8 Å². The van der Waals surface area contributed by atoms with Crippen molar-refractivity contribution in [2.45, 2.75) is 178 Å². The van der Waals surface area contributed by atoms with E-state index < -0.39 is 248 Å². The van der Waals surface area contributed by atoms with Gasteiger partial charge in [-0.2, -0.15) is 0 Å². The summed E-state index contributed by atoms with van der Waals surface area (Å²) in [7, 11) is 1.37. The predicted molar refractivity (Wildman–Crippen MR) is 443 cm³/mol. The number of hydrogen-bond donors (Lipinski definition) is 21. The summed E-state index contributed by atoms with van der Waals surface area (Å²) in [5.41, 5.74) is 2.38. The molecule has 2 fully saturated rings. The van der Waals surface area contributed by atoms with E-state index in [0.717, 1.165) is 31.2 Å². The number of aliphatic carboxylic acids is 2. The molecular formula is C80H105N17O24S2. The van der Waals surface area contributed by atoms with E-state index >= 15 is 14.4 Å². The van der Waals surface area contributed by atoms with Crippen LogP contribution in [0.25, 0.3) is 11.1 Å². The van der Waals surface area contributed by atoms with Crippen LogP contribution in [0.3, 0.4) is 0 Å². The summed E-state index contributed by atoms with van der Waals surface area (Å²) in [5.74, 6) is -22.0. The molecule has 2 saturated heterocycles. The van der Waals surface area contributed by atoms with Crippen LogP contribution in [0.5, 0.6) is 11.5 Å². The quantitative estimate of drug-likeness (QED) is 0.0155. The molecule has 2 aliphatic heterocycles. The molecule has 21 N–H and O–H groups in total. The van der Waals surface area contributed by atoms with Gasteiger partial charge in [0.15, 0.2) is 0 Å². The molecule has 13 atom stereocenters. The fourth-order valence-electron chi connectivity index (χ4n) is 12.7. The molecular weight excluding hydrogens is 1650 g/mol. The number of nitrogens with zero attached hydrogens (tertiary/aromatic N) is 1. The van der Waals surface area contributed by atoms with Gasteiger partial charge in [0, 0.05) is 91.2 Å². The number of carbonyl (C=O) groups excluding carboxylic acids is 17. The van der Waals surface area contributed by atoms with Crippen molar-refractivity contribution < 1.29 is 117 Å². The van der Waals surface area contributed by atoms with Gasteiger partial charge in [0.05, 0.1) is 25.5 Å². The molecule has 43 heteroatoms. The highest BCUT2D eigenvalue weighted by Crippen LogP contribution is 2.27. The zero-order valence-electron chi connectivity index (χ0n) is 68.5. The smallest absolute Gasteiger partial charge is 0.305 e. The number of aliphatic hydroxyl groups excluding tert-OH is 1. The first-order valence-corrected chi connectivity index (χ1v) is 41.7. The van der Waals surface area contributed by atoms with E-state index in [9.17, 15) is 102 Å². The number of phenolic OH excluding ortho intramolecular Hbond substituents is 2. The minimum absolute atomic E-state index is 0.0287. The molecule has 2 aliphatic rings. The van der Waals surface area contributed by atoms with Gasteiger partial charge in [0.2, 0.25) is 100 Å². The molecule has 4 unspecified atom stereocenters. The number of nitrogens with one attached hydrogen (secondary N) is 16. The molecule has 4 aromatic carbocycles. The van der Waals surface area contributed by atoms with Crippen molar-refractivity contribution in [3.63, 3.8) is 0 Å². The van der Waals surface area contributed by atoms with E-state index in [-0.39, 0.29) is 68.4 Å². The number of carboxylic acid groups (broad SMARTS) is 2. The molecule has 17 amide bonds. The second kappa shape index (κ2) is 49.1. The minimum atomic E-state index is -2.14. The van der Waals surface area contributed by atoms with Gasteiger partial charge in [-0.25, -0.2) is 0 Å². The maximum absolute atomic E-state index is 15.3. The first-order valence-electron chi connectivity index (χ1n) is 39.2. The van der Waals surface area contributed by atoms with E-state index in [2.05, 4.69) is 85.1 Å². The Morgan fingerprint density at radius 1 is 0.488 bits per heavy atom. The first-order chi connectivity index (χ1) is 58.2. The summed E-state index contributed by atoms with van der Waals surface area (Å²) in [6.07, 6.45) is -5.35. The summed E-state index contributed by atoms with van der Waals surface area (Å²) in [4.78, 5) is 263. The molecule has 0 aromatic heterocycles. The van der Waals surface area contributed by atoms with E-state index in [1.807, 2.05) is 12.1 Å². The van der Waals surface area contributed by atoms with Crippen LogP contribution in [0.2, 0.25) is 0 Å². The normalized spacial score (nSPS) is 19.6. The molecule has 0 aliphatic carbocycles. The fourth-order valence-corrected chi connectivity index (χ4v) is 15.1. The number of carboxylic acids is 2. The van der Waals surface area contributed by atoms with Gasteiger partial charge < -0.3 is 116 Å². The maximum Gasteiger partial charge on any atom is 0.305 e. The second-order valence-electron chi connectivity index (χ2n) is 29.5. The fraction of sp³-hybridized carbons (Fsp3) is 0.463. The zero-order valence-corrected chi connectivity index (χ0v) is 70.1. The summed E-state index contributed by atoms with van der Waals surface area (Å²) >= 11 is 0. The van der Waals surface area contributed by atoms with E-state index in [1.165, 1.54) is 62.4 Å². The third-order valence-electron chi connectivity index (χ3n) is 18.9. The number of likely N-dealkylation sites (tertiary alicyclic amines) is 1. The summed E-state index contributed by atoms with van der Waals surface area (Å²) in [6.45, 7) is 6.61. The van der Waals surface area contributed by atoms with Gasteiger partial charge in [-0.05, 0) is 84.2 Å². The molecule has 123 heavy (non-hydrogen) atoms.